The molecule has 11 aliphatic carbocycles. The van der Waals surface area contributed by atoms with Gasteiger partial charge in [0.25, 0.3) is 0 Å². The molecule has 0 amide bonds. The van der Waals surface area contributed by atoms with Gasteiger partial charge in [0, 0.05) is 28.1 Å². The van der Waals surface area contributed by atoms with Crippen LogP contribution >= 0.6 is 0 Å². The Balaban J connectivity index is 1.04. The second kappa shape index (κ2) is 13.0. The largest absolute Gasteiger partial charge is 0.338 e. The fourth-order valence-corrected chi connectivity index (χ4v) is 15.0. The molecule has 11 aliphatic rings. The minimum Gasteiger partial charge on any atom is -0.338 e. The van der Waals surface area contributed by atoms with Crippen LogP contribution in [0, 0.1) is 64.1 Å². The summed E-state index contributed by atoms with van der Waals surface area (Å²) >= 11 is 0. The van der Waals surface area contributed by atoms with Gasteiger partial charge in [-0.2, -0.15) is 0 Å². The topological polar surface area (TPSA) is 3.24 Å². The summed E-state index contributed by atoms with van der Waals surface area (Å²) in [6.07, 6.45) is 58.6. The summed E-state index contributed by atoms with van der Waals surface area (Å²) in [6.45, 7) is 9.85. The maximum Gasteiger partial charge on any atom is 0.0522 e. The molecule has 0 aromatic rings. The molecule has 2 saturated carbocycles. The summed E-state index contributed by atoms with van der Waals surface area (Å²) in [5.74, 6) is 6.05. The van der Waals surface area contributed by atoms with Crippen LogP contribution in [0.1, 0.15) is 105 Å². The summed E-state index contributed by atoms with van der Waals surface area (Å²) in [7, 11) is 0. The summed E-state index contributed by atoms with van der Waals surface area (Å²) in [4.78, 5) is 2.91. The third-order valence-corrected chi connectivity index (χ3v) is 17.2. The van der Waals surface area contributed by atoms with Gasteiger partial charge in [0.15, 0.2) is 0 Å². The molecular formula is C54H63N. The van der Waals surface area contributed by atoms with Gasteiger partial charge in [0.1, 0.15) is 0 Å². The average Bonchev–Trinajstić information content (AvgIpc) is 3.76. The highest BCUT2D eigenvalue weighted by molar-refractivity contribution is 5.56. The predicted octanol–water partition coefficient (Wildman–Crippen LogP) is 13.6. The van der Waals surface area contributed by atoms with Crippen LogP contribution in [0.3, 0.4) is 0 Å². The van der Waals surface area contributed by atoms with E-state index in [-0.39, 0.29) is 10.8 Å². The van der Waals surface area contributed by atoms with Gasteiger partial charge in [-0.1, -0.05) is 134 Å². The molecule has 0 aromatic heterocycles. The van der Waals surface area contributed by atoms with Gasteiger partial charge in [0.2, 0.25) is 0 Å². The Labute approximate surface area is 332 Å². The first-order valence-corrected chi connectivity index (χ1v) is 22.6. The lowest BCUT2D eigenvalue weighted by Crippen LogP contribution is -2.43. The molecule has 0 aromatic carbocycles. The van der Waals surface area contributed by atoms with Gasteiger partial charge < -0.3 is 4.90 Å². The van der Waals surface area contributed by atoms with E-state index in [1.54, 1.807) is 33.6 Å². The molecule has 0 bridgehead atoms. The minimum atomic E-state index is 0.136. The molecule has 0 radical (unpaired) electrons. The fraction of sp³-hybridized carbons (Fsp3) is 0.519. The van der Waals surface area contributed by atoms with Crippen molar-refractivity contribution in [3.8, 4) is 0 Å². The van der Waals surface area contributed by atoms with Crippen molar-refractivity contribution in [3.63, 3.8) is 0 Å². The van der Waals surface area contributed by atoms with Crippen LogP contribution in [-0.2, 0) is 0 Å². The molecule has 11 rings (SSSR count). The smallest absolute Gasteiger partial charge is 0.0522 e. The second-order valence-electron chi connectivity index (χ2n) is 20.1. The normalized spacial score (nSPS) is 41.5. The molecule has 0 aliphatic heterocycles. The van der Waals surface area contributed by atoms with E-state index in [1.807, 2.05) is 5.57 Å². The molecule has 0 saturated heterocycles. The summed E-state index contributed by atoms with van der Waals surface area (Å²) < 4.78 is 0. The Morgan fingerprint density at radius 2 is 1.58 bits per heavy atom. The number of nitrogens with zero attached hydrogens (tertiary/aromatic N) is 1. The Kier molecular flexibility index (Phi) is 8.17. The molecule has 1 heteroatoms. The average molecular weight is 726 g/mol. The Morgan fingerprint density at radius 1 is 0.727 bits per heavy atom. The van der Waals surface area contributed by atoms with Crippen LogP contribution in [0.2, 0.25) is 0 Å². The highest BCUT2D eigenvalue weighted by Crippen LogP contribution is 2.75. The maximum absolute atomic E-state index is 2.96. The van der Waals surface area contributed by atoms with E-state index >= 15 is 0 Å². The third-order valence-electron chi connectivity index (χ3n) is 17.2. The molecular weight excluding hydrogens is 663 g/mol. The number of hydrogen-bond acceptors (Lipinski definition) is 1. The van der Waals surface area contributed by atoms with Gasteiger partial charge >= 0.3 is 0 Å². The Bertz CT molecular complexity index is 2080. The monoisotopic (exact) mass is 725 g/mol. The van der Waals surface area contributed by atoms with Crippen LogP contribution in [0.25, 0.3) is 0 Å². The van der Waals surface area contributed by atoms with Crippen molar-refractivity contribution in [2.45, 2.75) is 111 Å². The summed E-state index contributed by atoms with van der Waals surface area (Å²) in [5, 5.41) is 0. The third kappa shape index (κ3) is 5.09. The second-order valence-corrected chi connectivity index (χ2v) is 20.1. The molecule has 1 spiro atoms. The van der Waals surface area contributed by atoms with Crippen molar-refractivity contribution in [1.29, 1.82) is 0 Å². The number of hydrogen-bond donors (Lipinski definition) is 0. The summed E-state index contributed by atoms with van der Waals surface area (Å²) in [5.41, 5.74) is 15.0. The van der Waals surface area contributed by atoms with E-state index in [1.165, 1.54) is 69.1 Å². The van der Waals surface area contributed by atoms with Crippen LogP contribution in [0.5, 0.6) is 0 Å². The van der Waals surface area contributed by atoms with Gasteiger partial charge in [-0.3, -0.25) is 0 Å². The van der Waals surface area contributed by atoms with Gasteiger partial charge in [0.05, 0.1) is 6.04 Å². The lowest BCUT2D eigenvalue weighted by Gasteiger charge is -2.48. The van der Waals surface area contributed by atoms with E-state index in [0.717, 1.165) is 31.1 Å². The highest BCUT2D eigenvalue weighted by Gasteiger charge is 2.69. The standard InChI is InChI=1S/C54H63N/c1-34-17-20-36(21-18-34)37-22-24-38(25-23-37)55(39-26-29-44-41-11-5-8-14-47(41)53(3,4)50(44)32-39)40-27-30-46-43-13-7-10-16-49(43)54(52(46)33-40)48-15-9-6-12-42(48)45-28-19-35(2)31-51(45)54/h5-7,9,11-13,15,17,19-20,22,24,26,28,32-33,35,40,42-46,48-49,51H,8,10,14,16,18,21,23,25,27,29-31H2,1-4H3. The van der Waals surface area contributed by atoms with Crippen molar-refractivity contribution in [3.05, 3.63) is 154 Å². The maximum atomic E-state index is 2.96. The zero-order chi connectivity index (χ0) is 37.1. The van der Waals surface area contributed by atoms with Crippen LogP contribution in [0.15, 0.2) is 154 Å². The quantitative estimate of drug-likeness (QED) is 0.261. The number of fused-ring (bicyclic) bond motifs is 12. The van der Waals surface area contributed by atoms with Gasteiger partial charge in [-0.05, 0) is 160 Å². The van der Waals surface area contributed by atoms with Crippen LogP contribution in [0.4, 0.5) is 0 Å². The lowest BCUT2D eigenvalue weighted by atomic mass is 9.56. The van der Waals surface area contributed by atoms with E-state index in [4.69, 9.17) is 0 Å². The van der Waals surface area contributed by atoms with Gasteiger partial charge in [-0.25, -0.2) is 0 Å². The first kappa shape index (κ1) is 34.7. The molecule has 11 atom stereocenters. The van der Waals surface area contributed by atoms with Crippen molar-refractivity contribution in [1.82, 2.24) is 4.90 Å². The predicted molar refractivity (Wildman–Crippen MR) is 229 cm³/mol. The number of allylic oxidation sites excluding steroid dienone is 24. The van der Waals surface area contributed by atoms with Crippen molar-refractivity contribution < 1.29 is 0 Å². The first-order chi connectivity index (χ1) is 26.8. The van der Waals surface area contributed by atoms with Crippen molar-refractivity contribution in [2.75, 3.05) is 0 Å². The Hall–Kier alpha value is -3.58. The molecule has 11 unspecified atom stereocenters. The SMILES string of the molecule is CC1=CC=C(C2=CC=C(N(C3=CCC4C(=C3)C(C)(C)C3=C4C=CCC3)C3C=C4C(CC3)C3C=CCCC3C43C4C=CC=CC4C4C=CC(C)CC43)CC2)CC1. The molecule has 284 valence electrons. The molecule has 1 nitrogen and oxygen atoms in total. The van der Waals surface area contributed by atoms with Crippen LogP contribution in [-0.4, -0.2) is 10.9 Å². The highest BCUT2D eigenvalue weighted by atomic mass is 15.2. The number of rotatable bonds is 4. The first-order valence-electron chi connectivity index (χ1n) is 22.6. The lowest BCUT2D eigenvalue weighted by molar-refractivity contribution is 0.0869. The van der Waals surface area contributed by atoms with Gasteiger partial charge in [-0.15, -0.1) is 0 Å². The fourth-order valence-electron chi connectivity index (χ4n) is 15.0. The molecule has 0 N–H and O–H groups in total. The van der Waals surface area contributed by atoms with E-state index in [2.05, 4.69) is 136 Å². The van der Waals surface area contributed by atoms with Crippen LogP contribution < -0.4 is 0 Å². The Morgan fingerprint density at radius 3 is 2.42 bits per heavy atom. The van der Waals surface area contributed by atoms with E-state index in [9.17, 15) is 0 Å². The zero-order valence-corrected chi connectivity index (χ0v) is 34.0. The minimum absolute atomic E-state index is 0.136. The van der Waals surface area contributed by atoms with Crippen molar-refractivity contribution >= 4 is 0 Å². The molecule has 0 heterocycles. The van der Waals surface area contributed by atoms with Crippen molar-refractivity contribution in [2.24, 2.45) is 64.1 Å². The zero-order valence-electron chi connectivity index (χ0n) is 34.0. The molecule has 55 heavy (non-hydrogen) atoms. The summed E-state index contributed by atoms with van der Waals surface area (Å²) in [6, 6.07) is 0.400. The van der Waals surface area contributed by atoms with E-state index < -0.39 is 0 Å². The molecule has 2 fully saturated rings. The van der Waals surface area contributed by atoms with E-state index in [0.29, 0.717) is 47.5 Å².